The van der Waals surface area contributed by atoms with Gasteiger partial charge in [-0.05, 0) is 47.6 Å². The van der Waals surface area contributed by atoms with Gasteiger partial charge in [0.25, 0.3) is 0 Å². The summed E-state index contributed by atoms with van der Waals surface area (Å²) in [6, 6.07) is 28.9. The Bertz CT molecular complexity index is 1100. The van der Waals surface area contributed by atoms with Gasteiger partial charge in [0.15, 0.2) is 5.76 Å². The number of hydrogen-bond donors (Lipinski definition) is 0. The summed E-state index contributed by atoms with van der Waals surface area (Å²) in [6.45, 7) is 0.697. The SMILES string of the molecule is O=C1OC(=Cc2ccc(C(c3ccccc3)c3ccccc3)cc2)C(=O)C1CC1CCCO1. The van der Waals surface area contributed by atoms with Crippen molar-refractivity contribution >= 4 is 17.8 Å². The van der Waals surface area contributed by atoms with Gasteiger partial charge < -0.3 is 9.47 Å². The summed E-state index contributed by atoms with van der Waals surface area (Å²) >= 11 is 0. The zero-order valence-corrected chi connectivity index (χ0v) is 18.4. The van der Waals surface area contributed by atoms with Crippen LogP contribution in [0.3, 0.4) is 0 Å². The molecule has 33 heavy (non-hydrogen) atoms. The van der Waals surface area contributed by atoms with Crippen LogP contribution in [0.25, 0.3) is 6.08 Å². The molecule has 166 valence electrons. The summed E-state index contributed by atoms with van der Waals surface area (Å²) in [7, 11) is 0. The lowest BCUT2D eigenvalue weighted by molar-refractivity contribution is -0.140. The Hall–Kier alpha value is -3.50. The van der Waals surface area contributed by atoms with E-state index in [-0.39, 0.29) is 23.6 Å². The van der Waals surface area contributed by atoms with Crippen molar-refractivity contribution in [3.8, 4) is 0 Å². The third kappa shape index (κ3) is 4.67. The molecule has 2 saturated heterocycles. The van der Waals surface area contributed by atoms with Crippen LogP contribution in [-0.2, 0) is 19.1 Å². The highest BCUT2D eigenvalue weighted by Gasteiger charge is 2.41. The summed E-state index contributed by atoms with van der Waals surface area (Å²) < 4.78 is 10.9. The Morgan fingerprint density at radius 3 is 2.00 bits per heavy atom. The Balaban J connectivity index is 1.38. The molecule has 3 aromatic carbocycles. The first-order valence-electron chi connectivity index (χ1n) is 11.5. The number of cyclic esters (lactones) is 1. The van der Waals surface area contributed by atoms with Gasteiger partial charge in [-0.1, -0.05) is 84.9 Å². The molecule has 0 aromatic heterocycles. The van der Waals surface area contributed by atoms with E-state index in [1.807, 2.05) is 24.3 Å². The molecule has 0 N–H and O–H groups in total. The monoisotopic (exact) mass is 438 g/mol. The molecule has 2 aliphatic rings. The Labute approximate surface area is 193 Å². The van der Waals surface area contributed by atoms with Gasteiger partial charge in [-0.25, -0.2) is 0 Å². The van der Waals surface area contributed by atoms with E-state index in [2.05, 4.69) is 60.7 Å². The lowest BCUT2D eigenvalue weighted by Crippen LogP contribution is -2.21. The number of ether oxygens (including phenoxy) is 2. The predicted molar refractivity (Wildman–Crippen MR) is 126 cm³/mol. The first-order chi connectivity index (χ1) is 16.2. The van der Waals surface area contributed by atoms with Gasteiger partial charge in [0.2, 0.25) is 5.78 Å². The number of Topliss-reactive ketones (excluding diaryl/α,β-unsaturated/α-hetero) is 1. The van der Waals surface area contributed by atoms with E-state index in [4.69, 9.17) is 9.47 Å². The van der Waals surface area contributed by atoms with Crippen LogP contribution in [-0.4, -0.2) is 24.5 Å². The third-order valence-electron chi connectivity index (χ3n) is 6.41. The molecule has 0 saturated carbocycles. The van der Waals surface area contributed by atoms with Crippen molar-refractivity contribution in [1.29, 1.82) is 0 Å². The van der Waals surface area contributed by atoms with Crippen molar-refractivity contribution in [2.45, 2.75) is 31.3 Å². The fourth-order valence-electron chi connectivity index (χ4n) is 4.71. The second-order valence-electron chi connectivity index (χ2n) is 8.64. The minimum absolute atomic E-state index is 0.0296. The minimum Gasteiger partial charge on any atom is -0.422 e. The van der Waals surface area contributed by atoms with Crippen LogP contribution >= 0.6 is 0 Å². The summed E-state index contributed by atoms with van der Waals surface area (Å²) in [4.78, 5) is 25.1. The van der Waals surface area contributed by atoms with Gasteiger partial charge in [0, 0.05) is 12.5 Å². The zero-order chi connectivity index (χ0) is 22.6. The summed E-state index contributed by atoms with van der Waals surface area (Å²) in [5, 5.41) is 0. The number of allylic oxidation sites excluding steroid dienone is 1. The topological polar surface area (TPSA) is 52.6 Å². The quantitative estimate of drug-likeness (QED) is 0.220. The lowest BCUT2D eigenvalue weighted by Gasteiger charge is -2.19. The van der Waals surface area contributed by atoms with Crippen molar-refractivity contribution in [2.24, 2.45) is 5.92 Å². The summed E-state index contributed by atoms with van der Waals surface area (Å²) in [5.41, 5.74) is 4.41. The van der Waals surface area contributed by atoms with Crippen LogP contribution in [0.1, 0.15) is 47.4 Å². The smallest absolute Gasteiger partial charge is 0.322 e. The molecular weight excluding hydrogens is 412 g/mol. The van der Waals surface area contributed by atoms with Crippen LogP contribution in [0.2, 0.25) is 0 Å². The molecule has 0 aliphatic carbocycles. The van der Waals surface area contributed by atoms with Gasteiger partial charge in [-0.2, -0.15) is 0 Å². The van der Waals surface area contributed by atoms with E-state index < -0.39 is 11.9 Å². The molecule has 4 heteroatoms. The molecule has 0 radical (unpaired) electrons. The number of benzene rings is 3. The molecule has 2 heterocycles. The molecule has 2 atom stereocenters. The van der Waals surface area contributed by atoms with Crippen LogP contribution in [0, 0.1) is 5.92 Å². The number of carbonyl (C=O) groups excluding carboxylic acids is 2. The molecule has 4 nitrogen and oxygen atoms in total. The molecule has 2 fully saturated rings. The van der Waals surface area contributed by atoms with Crippen LogP contribution in [0.4, 0.5) is 0 Å². The predicted octanol–water partition coefficient (Wildman–Crippen LogP) is 5.52. The maximum Gasteiger partial charge on any atom is 0.322 e. The van der Waals surface area contributed by atoms with E-state index in [1.165, 1.54) is 11.1 Å². The van der Waals surface area contributed by atoms with Gasteiger partial charge in [-0.3, -0.25) is 9.59 Å². The largest absolute Gasteiger partial charge is 0.422 e. The molecule has 3 aromatic rings. The van der Waals surface area contributed by atoms with Crippen molar-refractivity contribution in [3.63, 3.8) is 0 Å². The fraction of sp³-hybridized carbons (Fsp3) is 0.241. The molecule has 0 amide bonds. The third-order valence-corrected chi connectivity index (χ3v) is 6.41. The first kappa shape index (κ1) is 21.4. The molecular formula is C29H26O4. The number of ketones is 1. The van der Waals surface area contributed by atoms with E-state index in [1.54, 1.807) is 6.08 Å². The summed E-state index contributed by atoms with van der Waals surface area (Å²) in [6.07, 6.45) is 3.91. The molecule has 5 rings (SSSR count). The maximum atomic E-state index is 12.8. The average Bonchev–Trinajstić information content (AvgIpc) is 3.46. The van der Waals surface area contributed by atoms with Crippen molar-refractivity contribution in [1.82, 2.24) is 0 Å². The minimum atomic E-state index is -0.751. The van der Waals surface area contributed by atoms with Gasteiger partial charge >= 0.3 is 5.97 Å². The van der Waals surface area contributed by atoms with Crippen LogP contribution in [0.5, 0.6) is 0 Å². The number of rotatable bonds is 6. The second-order valence-corrected chi connectivity index (χ2v) is 8.64. The molecule has 2 unspecified atom stereocenters. The summed E-state index contributed by atoms with van der Waals surface area (Å²) in [5.74, 6) is -1.23. The lowest BCUT2D eigenvalue weighted by atomic mass is 9.85. The highest BCUT2D eigenvalue weighted by molar-refractivity contribution is 6.15. The van der Waals surface area contributed by atoms with E-state index >= 15 is 0 Å². The van der Waals surface area contributed by atoms with E-state index in [0.29, 0.717) is 13.0 Å². The van der Waals surface area contributed by atoms with E-state index in [9.17, 15) is 9.59 Å². The first-order valence-corrected chi connectivity index (χ1v) is 11.5. The molecule has 0 bridgehead atoms. The van der Waals surface area contributed by atoms with Crippen molar-refractivity contribution in [3.05, 3.63) is 113 Å². The Morgan fingerprint density at radius 2 is 1.42 bits per heavy atom. The zero-order valence-electron chi connectivity index (χ0n) is 18.4. The van der Waals surface area contributed by atoms with Crippen LogP contribution in [0.15, 0.2) is 90.7 Å². The Morgan fingerprint density at radius 1 is 0.818 bits per heavy atom. The maximum absolute atomic E-state index is 12.8. The van der Waals surface area contributed by atoms with Gasteiger partial charge in [0.1, 0.15) is 5.92 Å². The number of carbonyl (C=O) groups is 2. The highest BCUT2D eigenvalue weighted by atomic mass is 16.6. The average molecular weight is 439 g/mol. The van der Waals surface area contributed by atoms with Crippen molar-refractivity contribution in [2.75, 3.05) is 6.61 Å². The molecule has 0 spiro atoms. The van der Waals surface area contributed by atoms with Gasteiger partial charge in [-0.15, -0.1) is 0 Å². The van der Waals surface area contributed by atoms with Crippen molar-refractivity contribution < 1.29 is 19.1 Å². The molecule has 2 aliphatic heterocycles. The number of hydrogen-bond acceptors (Lipinski definition) is 4. The Kier molecular flexibility index (Phi) is 6.18. The fourth-order valence-corrected chi connectivity index (χ4v) is 4.71. The number of esters is 1. The second kappa shape index (κ2) is 9.55. The standard InChI is InChI=1S/C29H26O4/c30-28-25(19-24-12-7-17-32-24)29(31)33-26(28)18-20-13-15-23(16-14-20)27(21-8-3-1-4-9-21)22-10-5-2-6-11-22/h1-6,8-11,13-16,18,24-25,27H,7,12,17,19H2. The normalized spacial score (nSPS) is 21.7. The van der Waals surface area contributed by atoms with Gasteiger partial charge in [0.05, 0.1) is 6.10 Å². The highest BCUT2D eigenvalue weighted by Crippen LogP contribution is 2.33. The van der Waals surface area contributed by atoms with E-state index in [0.717, 1.165) is 24.0 Å². The van der Waals surface area contributed by atoms with Crippen LogP contribution < -0.4 is 0 Å².